The Morgan fingerprint density at radius 1 is 0.885 bits per heavy atom. The minimum absolute atomic E-state index is 0.00643. The Morgan fingerprint density at radius 2 is 1.63 bits per heavy atom. The molecule has 3 saturated heterocycles. The number of hydrogen-bond acceptors (Lipinski definition) is 8. The Morgan fingerprint density at radius 3 is 2.38 bits per heavy atom. The first-order chi connectivity index (χ1) is 25.1. The molecule has 1 atom stereocenters. The maximum atomic E-state index is 16.8. The molecule has 0 aliphatic carbocycles. The third-order valence-corrected chi connectivity index (χ3v) is 10.8. The number of nitrogens with zero attached hydrogens (tertiary/aromatic N) is 5. The molecule has 3 aliphatic heterocycles. The lowest BCUT2D eigenvalue weighted by atomic mass is 9.95. The van der Waals surface area contributed by atoms with Crippen LogP contribution in [0.3, 0.4) is 0 Å². The van der Waals surface area contributed by atoms with Gasteiger partial charge in [-0.15, -0.1) is 0 Å². The zero-order chi connectivity index (χ0) is 36.0. The van der Waals surface area contributed by atoms with E-state index in [1.165, 1.54) is 12.3 Å². The molecule has 0 saturated carbocycles. The molecule has 0 N–H and O–H groups in total. The van der Waals surface area contributed by atoms with Crippen LogP contribution in [0, 0.1) is 17.6 Å². The summed E-state index contributed by atoms with van der Waals surface area (Å²) in [5.41, 5.74) is -0.688. The number of benzene rings is 3. The van der Waals surface area contributed by atoms with E-state index < -0.39 is 35.3 Å². The van der Waals surface area contributed by atoms with E-state index in [2.05, 4.69) is 14.9 Å². The fourth-order valence-electron chi connectivity index (χ4n) is 8.12. The molecule has 5 heterocycles. The first kappa shape index (κ1) is 34.2. The SMILES string of the molecule is O=C(Oc1ccc(C(F)(F)F)cc1)C1CCCN(c2nc(OCC34CCCN3CCC4)nc3c(F)c(-c4cccc5cccc(F)c45)ncc23)CC1. The van der Waals surface area contributed by atoms with Crippen LogP contribution in [0.5, 0.6) is 11.8 Å². The highest BCUT2D eigenvalue weighted by atomic mass is 19.4. The van der Waals surface area contributed by atoms with Gasteiger partial charge in [0.15, 0.2) is 5.82 Å². The number of anilines is 1. The van der Waals surface area contributed by atoms with Crippen LogP contribution in [0.4, 0.5) is 27.8 Å². The molecule has 8 rings (SSSR count). The van der Waals surface area contributed by atoms with E-state index in [4.69, 9.17) is 14.5 Å². The van der Waals surface area contributed by atoms with E-state index in [0.29, 0.717) is 61.1 Å². The number of hydrogen-bond donors (Lipinski definition) is 0. The molecular formula is C39H36F5N5O3. The van der Waals surface area contributed by atoms with E-state index in [-0.39, 0.29) is 33.9 Å². The molecule has 3 fully saturated rings. The summed E-state index contributed by atoms with van der Waals surface area (Å²) in [6.07, 6.45) is 2.56. The van der Waals surface area contributed by atoms with Crippen LogP contribution in [0.2, 0.25) is 0 Å². The number of aromatic nitrogens is 3. The van der Waals surface area contributed by atoms with Crippen LogP contribution in [0.25, 0.3) is 32.9 Å². The van der Waals surface area contributed by atoms with E-state index >= 15 is 8.78 Å². The topological polar surface area (TPSA) is 80.7 Å². The lowest BCUT2D eigenvalue weighted by Gasteiger charge is -2.31. The highest BCUT2D eigenvalue weighted by Gasteiger charge is 2.45. The van der Waals surface area contributed by atoms with Gasteiger partial charge in [-0.25, -0.2) is 8.78 Å². The van der Waals surface area contributed by atoms with Gasteiger partial charge in [0.05, 0.1) is 22.4 Å². The van der Waals surface area contributed by atoms with Gasteiger partial charge in [0, 0.05) is 30.2 Å². The van der Waals surface area contributed by atoms with Crippen molar-refractivity contribution in [3.63, 3.8) is 0 Å². The normalized spacial score (nSPS) is 19.2. The number of esters is 1. The second-order valence-corrected chi connectivity index (χ2v) is 13.9. The Hall–Kier alpha value is -4.91. The lowest BCUT2D eigenvalue weighted by molar-refractivity contribution is -0.139. The summed E-state index contributed by atoms with van der Waals surface area (Å²) in [6, 6.07) is 13.9. The Kier molecular flexibility index (Phi) is 8.92. The van der Waals surface area contributed by atoms with Gasteiger partial charge in [0.25, 0.3) is 0 Å². The van der Waals surface area contributed by atoms with E-state index in [1.54, 1.807) is 30.3 Å². The summed E-state index contributed by atoms with van der Waals surface area (Å²) in [7, 11) is 0. The number of fused-ring (bicyclic) bond motifs is 3. The molecule has 1 unspecified atom stereocenters. The number of carbonyl (C=O) groups excluding carboxylic acids is 1. The molecular weight excluding hydrogens is 681 g/mol. The minimum atomic E-state index is -4.50. The first-order valence-electron chi connectivity index (χ1n) is 17.7. The fourth-order valence-corrected chi connectivity index (χ4v) is 8.12. The molecule has 5 aromatic rings. The Bertz CT molecular complexity index is 2130. The van der Waals surface area contributed by atoms with Crippen LogP contribution >= 0.6 is 0 Å². The number of carbonyl (C=O) groups is 1. The fraction of sp³-hybridized carbons (Fsp3) is 0.385. The van der Waals surface area contributed by atoms with Crippen LogP contribution in [-0.4, -0.2) is 64.1 Å². The smallest absolute Gasteiger partial charge is 0.416 e. The van der Waals surface area contributed by atoms with Crippen molar-refractivity contribution in [2.75, 3.05) is 37.7 Å². The second-order valence-electron chi connectivity index (χ2n) is 13.9. The Labute approximate surface area is 296 Å². The van der Waals surface area contributed by atoms with Crippen molar-refractivity contribution in [3.05, 3.63) is 84.1 Å². The van der Waals surface area contributed by atoms with E-state index in [9.17, 15) is 18.0 Å². The first-order valence-corrected chi connectivity index (χ1v) is 17.7. The van der Waals surface area contributed by atoms with Crippen molar-refractivity contribution < 1.29 is 36.2 Å². The third kappa shape index (κ3) is 6.39. The molecule has 3 aliphatic rings. The van der Waals surface area contributed by atoms with Gasteiger partial charge in [0.2, 0.25) is 0 Å². The largest absolute Gasteiger partial charge is 0.461 e. The summed E-state index contributed by atoms with van der Waals surface area (Å²) >= 11 is 0. The summed E-state index contributed by atoms with van der Waals surface area (Å²) in [5, 5.41) is 1.21. The van der Waals surface area contributed by atoms with Crippen LogP contribution in [-0.2, 0) is 11.0 Å². The summed E-state index contributed by atoms with van der Waals surface area (Å²) in [6.45, 7) is 3.21. The maximum Gasteiger partial charge on any atom is 0.416 e. The maximum absolute atomic E-state index is 16.8. The predicted octanol–water partition coefficient (Wildman–Crippen LogP) is 8.36. The summed E-state index contributed by atoms with van der Waals surface area (Å²) in [4.78, 5) is 31.5. The van der Waals surface area contributed by atoms with Crippen molar-refractivity contribution >= 4 is 33.5 Å². The van der Waals surface area contributed by atoms with Gasteiger partial charge >= 0.3 is 18.2 Å². The Balaban J connectivity index is 1.11. The van der Waals surface area contributed by atoms with Gasteiger partial charge < -0.3 is 14.4 Å². The molecule has 2 aromatic heterocycles. The van der Waals surface area contributed by atoms with Crippen molar-refractivity contribution in [2.24, 2.45) is 5.92 Å². The highest BCUT2D eigenvalue weighted by molar-refractivity contribution is 5.99. The molecule has 13 heteroatoms. The van der Waals surface area contributed by atoms with Crippen LogP contribution < -0.4 is 14.4 Å². The van der Waals surface area contributed by atoms with Gasteiger partial charge in [0.1, 0.15) is 35.2 Å². The predicted molar refractivity (Wildman–Crippen MR) is 185 cm³/mol. The average Bonchev–Trinajstić information content (AvgIpc) is 3.62. The zero-order valence-electron chi connectivity index (χ0n) is 28.3. The molecule has 270 valence electrons. The van der Waals surface area contributed by atoms with Gasteiger partial charge in [-0.3, -0.25) is 14.7 Å². The third-order valence-electron chi connectivity index (χ3n) is 10.8. The van der Waals surface area contributed by atoms with E-state index in [0.717, 1.165) is 63.0 Å². The average molecular weight is 718 g/mol. The summed E-state index contributed by atoms with van der Waals surface area (Å²) in [5.74, 6) is -1.83. The molecule has 8 nitrogen and oxygen atoms in total. The molecule has 0 spiro atoms. The van der Waals surface area contributed by atoms with Crippen LogP contribution in [0.1, 0.15) is 50.5 Å². The summed E-state index contributed by atoms with van der Waals surface area (Å²) < 4.78 is 82.7. The number of ether oxygens (including phenoxy) is 2. The molecule has 52 heavy (non-hydrogen) atoms. The lowest BCUT2D eigenvalue weighted by Crippen LogP contribution is -2.43. The number of halogens is 5. The van der Waals surface area contributed by atoms with Crippen LogP contribution in [0.15, 0.2) is 66.9 Å². The van der Waals surface area contributed by atoms with Gasteiger partial charge in [-0.05, 0) is 93.8 Å². The van der Waals surface area contributed by atoms with Gasteiger partial charge in [-0.1, -0.05) is 30.3 Å². The van der Waals surface area contributed by atoms with E-state index in [1.807, 2.05) is 4.90 Å². The molecule has 3 aromatic carbocycles. The van der Waals surface area contributed by atoms with Crippen molar-refractivity contribution in [2.45, 2.75) is 56.7 Å². The molecule has 0 bridgehead atoms. The molecule has 0 amide bonds. The number of pyridine rings is 1. The van der Waals surface area contributed by atoms with Crippen molar-refractivity contribution in [1.29, 1.82) is 0 Å². The van der Waals surface area contributed by atoms with Crippen molar-refractivity contribution in [3.8, 4) is 23.0 Å². The van der Waals surface area contributed by atoms with Gasteiger partial charge in [-0.2, -0.15) is 23.1 Å². The standard InChI is InChI=1S/C39H36F5N5O3/c40-30-10-2-7-24-6-1-9-28(31(24)30)33-32(41)34-29(22-45-33)35(47-37(46-34)51-23-38-16-4-19-49(38)20-5-17-38)48-18-3-8-25(15-21-48)36(50)52-27-13-11-26(12-14-27)39(42,43)44/h1-2,6-7,9-14,22,25H,3-5,8,15-21,23H2. The zero-order valence-corrected chi connectivity index (χ0v) is 28.3. The number of rotatable bonds is 7. The number of alkyl halides is 3. The quantitative estimate of drug-likeness (QED) is 0.0945. The highest BCUT2D eigenvalue weighted by Crippen LogP contribution is 2.40. The second kappa shape index (κ2) is 13.6. The van der Waals surface area contributed by atoms with Crippen molar-refractivity contribution in [1.82, 2.24) is 19.9 Å². The molecule has 0 radical (unpaired) electrons. The minimum Gasteiger partial charge on any atom is -0.461 e. The monoisotopic (exact) mass is 717 g/mol.